The first-order valence-corrected chi connectivity index (χ1v) is 11.2. The highest BCUT2D eigenvalue weighted by atomic mass is 35.5. The highest BCUT2D eigenvalue weighted by molar-refractivity contribution is 6.33. The molecule has 0 bridgehead atoms. The zero-order valence-corrected chi connectivity index (χ0v) is 19.6. The van der Waals surface area contributed by atoms with Gasteiger partial charge in [-0.25, -0.2) is 4.79 Å². The van der Waals surface area contributed by atoms with Crippen molar-refractivity contribution in [2.24, 2.45) is 0 Å². The van der Waals surface area contributed by atoms with Crippen molar-refractivity contribution in [3.8, 4) is 17.2 Å². The van der Waals surface area contributed by atoms with Crippen LogP contribution in [-0.2, 0) is 4.79 Å². The number of benzene rings is 3. The number of para-hydroxylation sites is 1. The van der Waals surface area contributed by atoms with E-state index in [1.165, 1.54) is 30.5 Å². The molecule has 0 unspecified atom stereocenters. The predicted molar refractivity (Wildman–Crippen MR) is 135 cm³/mol. The molecule has 0 aliphatic heterocycles. The van der Waals surface area contributed by atoms with E-state index in [2.05, 4.69) is 5.32 Å². The maximum Gasteiger partial charge on any atom is 0.336 e. The van der Waals surface area contributed by atoms with Gasteiger partial charge in [0, 0.05) is 23.6 Å². The third-order valence-corrected chi connectivity index (χ3v) is 5.71. The van der Waals surface area contributed by atoms with E-state index in [4.69, 9.17) is 29.9 Å². The quantitative estimate of drug-likeness (QED) is 0.297. The van der Waals surface area contributed by atoms with Gasteiger partial charge in [0.05, 0.1) is 16.1 Å². The van der Waals surface area contributed by atoms with Crippen LogP contribution in [0.25, 0.3) is 21.9 Å². The van der Waals surface area contributed by atoms with Crippen molar-refractivity contribution >= 4 is 45.1 Å². The Labute approximate surface area is 208 Å². The highest BCUT2D eigenvalue weighted by Crippen LogP contribution is 2.27. The van der Waals surface area contributed by atoms with Crippen LogP contribution in [0.3, 0.4) is 0 Å². The van der Waals surface area contributed by atoms with E-state index in [-0.39, 0.29) is 23.3 Å². The van der Waals surface area contributed by atoms with E-state index in [1.54, 1.807) is 49.4 Å². The fourth-order valence-corrected chi connectivity index (χ4v) is 3.83. The van der Waals surface area contributed by atoms with Crippen molar-refractivity contribution in [2.75, 3.05) is 11.9 Å². The van der Waals surface area contributed by atoms with Gasteiger partial charge in [-0.3, -0.25) is 9.59 Å². The summed E-state index contributed by atoms with van der Waals surface area (Å²) < 4.78 is 22.1. The number of aryl methyl sites for hydroxylation is 1. The minimum absolute atomic E-state index is 0.0374. The molecule has 0 fully saturated rings. The van der Waals surface area contributed by atoms with E-state index < -0.39 is 17.0 Å². The summed E-state index contributed by atoms with van der Waals surface area (Å²) in [6.07, 6.45) is 1.19. The van der Waals surface area contributed by atoms with Crippen LogP contribution in [0.4, 0.5) is 5.69 Å². The average molecular weight is 504 g/mol. The minimum Gasteiger partial charge on any atom is -0.484 e. The number of carbonyl (C=O) groups is 1. The molecule has 0 aliphatic carbocycles. The predicted octanol–water partition coefficient (Wildman–Crippen LogP) is 5.67. The lowest BCUT2D eigenvalue weighted by atomic mass is 10.1. The molecule has 36 heavy (non-hydrogen) atoms. The molecule has 0 atom stereocenters. The van der Waals surface area contributed by atoms with Crippen molar-refractivity contribution in [3.05, 3.63) is 104 Å². The van der Waals surface area contributed by atoms with Crippen LogP contribution >= 0.6 is 11.6 Å². The Morgan fingerprint density at radius 1 is 0.944 bits per heavy atom. The summed E-state index contributed by atoms with van der Waals surface area (Å²) in [5, 5.41) is 4.11. The molecule has 3 aromatic carbocycles. The third-order valence-electron chi connectivity index (χ3n) is 5.38. The lowest BCUT2D eigenvalue weighted by Gasteiger charge is -2.10. The Balaban J connectivity index is 1.32. The van der Waals surface area contributed by atoms with Crippen LogP contribution < -0.4 is 25.8 Å². The number of carbonyl (C=O) groups excluding carboxylic acids is 1. The van der Waals surface area contributed by atoms with Gasteiger partial charge in [-0.2, -0.15) is 0 Å². The van der Waals surface area contributed by atoms with Gasteiger partial charge in [-0.15, -0.1) is 0 Å². The van der Waals surface area contributed by atoms with Gasteiger partial charge in [-0.1, -0.05) is 23.7 Å². The number of ether oxygens (including phenoxy) is 2. The largest absolute Gasteiger partial charge is 0.484 e. The van der Waals surface area contributed by atoms with Crippen molar-refractivity contribution in [1.82, 2.24) is 0 Å². The average Bonchev–Trinajstić information content (AvgIpc) is 2.85. The van der Waals surface area contributed by atoms with Crippen molar-refractivity contribution in [1.29, 1.82) is 0 Å². The van der Waals surface area contributed by atoms with Crippen molar-refractivity contribution in [2.45, 2.75) is 6.92 Å². The molecule has 8 nitrogen and oxygen atoms in total. The molecule has 0 spiro atoms. The number of hydrogen-bond donors (Lipinski definition) is 1. The number of nitrogens with one attached hydrogen (secondary N) is 1. The molecule has 2 aromatic heterocycles. The first-order valence-electron chi connectivity index (χ1n) is 10.8. The lowest BCUT2D eigenvalue weighted by Crippen LogP contribution is -2.20. The van der Waals surface area contributed by atoms with Crippen LogP contribution in [0.5, 0.6) is 17.2 Å². The van der Waals surface area contributed by atoms with E-state index >= 15 is 0 Å². The van der Waals surface area contributed by atoms with Gasteiger partial charge in [0.2, 0.25) is 11.2 Å². The first-order chi connectivity index (χ1) is 17.4. The number of rotatable bonds is 6. The SMILES string of the molecule is Cc1cc(=O)oc2cc(Oc3coc4cc(OCC(=O)Nc5ccccc5Cl)ccc4c3=O)ccc12. The summed E-state index contributed by atoms with van der Waals surface area (Å²) in [6, 6.07) is 17.8. The van der Waals surface area contributed by atoms with Crippen LogP contribution in [0, 0.1) is 6.92 Å². The van der Waals surface area contributed by atoms with E-state index in [9.17, 15) is 14.4 Å². The second-order valence-corrected chi connectivity index (χ2v) is 8.32. The fraction of sp³-hybridized carbons (Fsp3) is 0.0741. The van der Waals surface area contributed by atoms with Gasteiger partial charge in [0.15, 0.2) is 6.61 Å². The third kappa shape index (κ3) is 4.80. The molecule has 180 valence electrons. The Kier molecular flexibility index (Phi) is 6.18. The topological polar surface area (TPSA) is 108 Å². The van der Waals surface area contributed by atoms with E-state index in [0.717, 1.165) is 10.9 Å². The molecule has 9 heteroatoms. The fourth-order valence-electron chi connectivity index (χ4n) is 3.64. The summed E-state index contributed by atoms with van der Waals surface area (Å²) in [5.74, 6) is 0.223. The number of anilines is 1. The Bertz CT molecular complexity index is 1740. The molecule has 0 saturated carbocycles. The second kappa shape index (κ2) is 9.59. The second-order valence-electron chi connectivity index (χ2n) is 7.91. The lowest BCUT2D eigenvalue weighted by molar-refractivity contribution is -0.118. The monoisotopic (exact) mass is 503 g/mol. The van der Waals surface area contributed by atoms with Gasteiger partial charge < -0.3 is 23.6 Å². The Hall–Kier alpha value is -4.56. The maximum atomic E-state index is 12.9. The molecular formula is C27H18ClNO7. The normalized spacial score (nSPS) is 10.9. The van der Waals surface area contributed by atoms with Crippen LogP contribution in [0.2, 0.25) is 5.02 Å². The van der Waals surface area contributed by atoms with Gasteiger partial charge >= 0.3 is 5.63 Å². The number of amides is 1. The molecule has 0 aliphatic rings. The van der Waals surface area contributed by atoms with E-state index in [1.807, 2.05) is 0 Å². The molecule has 0 radical (unpaired) electrons. The maximum absolute atomic E-state index is 12.9. The van der Waals surface area contributed by atoms with Crippen LogP contribution in [0.1, 0.15) is 5.56 Å². The number of hydrogen-bond acceptors (Lipinski definition) is 7. The number of fused-ring (bicyclic) bond motifs is 2. The Morgan fingerprint density at radius 2 is 1.69 bits per heavy atom. The van der Waals surface area contributed by atoms with Gasteiger partial charge in [0.25, 0.3) is 5.91 Å². The highest BCUT2D eigenvalue weighted by Gasteiger charge is 2.13. The molecular weight excluding hydrogens is 486 g/mol. The summed E-state index contributed by atoms with van der Waals surface area (Å²) in [5.41, 5.74) is 0.997. The zero-order chi connectivity index (χ0) is 25.2. The molecule has 5 rings (SSSR count). The molecule has 5 aromatic rings. The van der Waals surface area contributed by atoms with E-state index in [0.29, 0.717) is 27.8 Å². The van der Waals surface area contributed by atoms with Gasteiger partial charge in [0.1, 0.15) is 28.9 Å². The first kappa shape index (κ1) is 23.2. The summed E-state index contributed by atoms with van der Waals surface area (Å²) in [6.45, 7) is 1.54. The summed E-state index contributed by atoms with van der Waals surface area (Å²) in [7, 11) is 0. The molecule has 1 amide bonds. The standard InChI is InChI=1S/C27H18ClNO7/c1-15-10-26(31)36-23-12-17(7-8-18(15)23)35-24-13-34-22-11-16(6-9-19(22)27(24)32)33-14-25(30)29-21-5-3-2-4-20(21)28/h2-13H,14H2,1H3,(H,29,30). The molecule has 2 heterocycles. The van der Waals surface area contributed by atoms with Gasteiger partial charge in [-0.05, 0) is 48.9 Å². The van der Waals surface area contributed by atoms with Crippen molar-refractivity contribution in [3.63, 3.8) is 0 Å². The molecule has 1 N–H and O–H groups in total. The number of halogens is 1. The minimum atomic E-state index is -0.471. The smallest absolute Gasteiger partial charge is 0.336 e. The summed E-state index contributed by atoms with van der Waals surface area (Å²) in [4.78, 5) is 36.8. The zero-order valence-electron chi connectivity index (χ0n) is 18.9. The summed E-state index contributed by atoms with van der Waals surface area (Å²) >= 11 is 6.04. The Morgan fingerprint density at radius 3 is 2.53 bits per heavy atom. The van der Waals surface area contributed by atoms with Crippen LogP contribution in [-0.4, -0.2) is 12.5 Å². The van der Waals surface area contributed by atoms with Crippen LogP contribution in [0.15, 0.2) is 91.4 Å². The molecule has 0 saturated heterocycles. The van der Waals surface area contributed by atoms with Crippen molar-refractivity contribution < 1.29 is 23.1 Å².